The van der Waals surface area contributed by atoms with E-state index in [1.807, 2.05) is 11.3 Å². The number of thiazole rings is 1. The Kier molecular flexibility index (Phi) is 1.62. The first-order valence-electron chi connectivity index (χ1n) is 5.95. The highest BCUT2D eigenvalue weighted by Gasteiger charge is 2.42. The van der Waals surface area contributed by atoms with Crippen molar-refractivity contribution in [2.24, 2.45) is 5.73 Å². The Balaban J connectivity index is 1.94. The Morgan fingerprint density at radius 1 is 1.31 bits per heavy atom. The van der Waals surface area contributed by atoms with Crippen LogP contribution in [0, 0.1) is 0 Å². The number of hydrogen-bond donors (Lipinski definition) is 1. The molecular formula is C13H14N2S. The third kappa shape index (κ3) is 1.25. The van der Waals surface area contributed by atoms with Crippen LogP contribution in [-0.2, 0) is 5.54 Å². The Morgan fingerprint density at radius 2 is 2.12 bits per heavy atom. The fraction of sp³-hybridized carbons (Fsp3) is 0.462. The van der Waals surface area contributed by atoms with Gasteiger partial charge in [0.05, 0.1) is 15.2 Å². The fourth-order valence-electron chi connectivity index (χ4n) is 2.28. The van der Waals surface area contributed by atoms with Crippen LogP contribution in [-0.4, -0.2) is 4.98 Å². The Bertz CT molecular complexity index is 564. The summed E-state index contributed by atoms with van der Waals surface area (Å²) < 4.78 is 1.32. The minimum atomic E-state index is -0.0611. The predicted octanol–water partition coefficient (Wildman–Crippen LogP) is 3.12. The van der Waals surface area contributed by atoms with Crippen molar-refractivity contribution < 1.29 is 0 Å². The smallest absolute Gasteiger partial charge is 0.0969 e. The molecule has 2 aromatic rings. The summed E-state index contributed by atoms with van der Waals surface area (Å²) >= 11 is 1.86. The molecule has 2 nitrogen and oxygen atoms in total. The summed E-state index contributed by atoms with van der Waals surface area (Å²) in [6.07, 6.45) is 4.87. The molecule has 2 N–H and O–H groups in total. The summed E-state index contributed by atoms with van der Waals surface area (Å²) in [4.78, 5) is 4.82. The van der Waals surface area contributed by atoms with Crippen molar-refractivity contribution in [3.05, 3.63) is 28.8 Å². The molecule has 4 rings (SSSR count). The highest BCUT2D eigenvalue weighted by molar-refractivity contribution is 7.18. The van der Waals surface area contributed by atoms with Crippen molar-refractivity contribution in [2.75, 3.05) is 0 Å². The first-order chi connectivity index (χ1) is 7.76. The molecule has 0 bridgehead atoms. The number of aromatic nitrogens is 1. The van der Waals surface area contributed by atoms with Gasteiger partial charge in [0.25, 0.3) is 0 Å². The number of benzene rings is 1. The summed E-state index contributed by atoms with van der Waals surface area (Å²) in [7, 11) is 0. The molecule has 3 heteroatoms. The van der Waals surface area contributed by atoms with Crippen molar-refractivity contribution in [3.63, 3.8) is 0 Å². The van der Waals surface area contributed by atoms with Crippen LogP contribution in [0.15, 0.2) is 18.2 Å². The number of hydrogen-bond acceptors (Lipinski definition) is 3. The third-order valence-corrected chi connectivity index (χ3v) is 4.87. The van der Waals surface area contributed by atoms with Gasteiger partial charge < -0.3 is 5.73 Å². The molecule has 0 unspecified atom stereocenters. The van der Waals surface area contributed by atoms with E-state index in [9.17, 15) is 0 Å². The molecule has 0 saturated heterocycles. The molecule has 0 aliphatic heterocycles. The van der Waals surface area contributed by atoms with Gasteiger partial charge in [0.2, 0.25) is 0 Å². The predicted molar refractivity (Wildman–Crippen MR) is 66.7 cm³/mol. The van der Waals surface area contributed by atoms with Gasteiger partial charge in [-0.1, -0.05) is 12.1 Å². The first kappa shape index (κ1) is 9.14. The van der Waals surface area contributed by atoms with Crippen LogP contribution >= 0.6 is 11.3 Å². The molecule has 16 heavy (non-hydrogen) atoms. The summed E-state index contributed by atoms with van der Waals surface area (Å²) in [6, 6.07) is 6.46. The summed E-state index contributed by atoms with van der Waals surface area (Å²) in [5.74, 6) is 0.748. The number of rotatable bonds is 2. The van der Waals surface area contributed by atoms with Gasteiger partial charge in [-0.25, -0.2) is 4.98 Å². The van der Waals surface area contributed by atoms with Gasteiger partial charge in [0.15, 0.2) is 0 Å². The number of nitrogens with zero attached hydrogens (tertiary/aromatic N) is 1. The van der Waals surface area contributed by atoms with Crippen LogP contribution in [0.1, 0.15) is 42.2 Å². The van der Waals surface area contributed by atoms with Crippen molar-refractivity contribution in [3.8, 4) is 0 Å². The van der Waals surface area contributed by atoms with E-state index in [4.69, 9.17) is 10.7 Å². The van der Waals surface area contributed by atoms with Crippen molar-refractivity contribution in [1.82, 2.24) is 4.98 Å². The molecule has 82 valence electrons. The zero-order chi connectivity index (χ0) is 10.8. The normalized spacial score (nSPS) is 22.6. The van der Waals surface area contributed by atoms with Crippen LogP contribution in [0.3, 0.4) is 0 Å². The van der Waals surface area contributed by atoms with E-state index in [2.05, 4.69) is 18.2 Å². The second-order valence-electron chi connectivity index (χ2n) is 5.13. The maximum atomic E-state index is 6.30. The summed E-state index contributed by atoms with van der Waals surface area (Å²) in [5, 5.41) is 1.33. The van der Waals surface area contributed by atoms with Crippen LogP contribution in [0.5, 0.6) is 0 Å². The van der Waals surface area contributed by atoms with Gasteiger partial charge in [-0.05, 0) is 37.3 Å². The van der Waals surface area contributed by atoms with Gasteiger partial charge in [-0.2, -0.15) is 0 Å². The molecular weight excluding hydrogens is 216 g/mol. The largest absolute Gasteiger partial charge is 0.321 e. The molecule has 2 saturated carbocycles. The van der Waals surface area contributed by atoms with Crippen LogP contribution < -0.4 is 5.73 Å². The number of fused-ring (bicyclic) bond motifs is 1. The summed E-state index contributed by atoms with van der Waals surface area (Å²) in [5.41, 5.74) is 8.69. The maximum Gasteiger partial charge on any atom is 0.0969 e. The van der Waals surface area contributed by atoms with E-state index in [0.717, 1.165) is 18.8 Å². The lowest BCUT2D eigenvalue weighted by Gasteiger charge is -2.08. The second kappa shape index (κ2) is 2.84. The molecule has 0 atom stereocenters. The van der Waals surface area contributed by atoms with E-state index < -0.39 is 0 Å². The quantitative estimate of drug-likeness (QED) is 0.861. The van der Waals surface area contributed by atoms with Crippen molar-refractivity contribution in [2.45, 2.75) is 37.1 Å². The molecule has 2 aliphatic rings. The molecule has 1 heterocycles. The van der Waals surface area contributed by atoms with Gasteiger partial charge in [-0.15, -0.1) is 11.3 Å². The van der Waals surface area contributed by atoms with Crippen LogP contribution in [0.2, 0.25) is 0 Å². The molecule has 2 fully saturated rings. The van der Waals surface area contributed by atoms with Gasteiger partial charge >= 0.3 is 0 Å². The lowest BCUT2D eigenvalue weighted by Crippen LogP contribution is -2.18. The topological polar surface area (TPSA) is 38.9 Å². The molecule has 1 aromatic heterocycles. The molecule has 0 spiro atoms. The van der Waals surface area contributed by atoms with Crippen LogP contribution in [0.25, 0.3) is 10.2 Å². The minimum Gasteiger partial charge on any atom is -0.321 e. The van der Waals surface area contributed by atoms with Gasteiger partial charge in [0, 0.05) is 11.5 Å². The Labute approximate surface area is 98.5 Å². The maximum absolute atomic E-state index is 6.30. The molecule has 0 amide bonds. The van der Waals surface area contributed by atoms with E-state index >= 15 is 0 Å². The standard InChI is InChI=1S/C13H14N2S/c14-13(6-7-13)9-2-1-3-10-11(9)15-12(16-10)8-4-5-8/h1-3,8H,4-7,14H2. The molecule has 0 radical (unpaired) electrons. The van der Waals surface area contributed by atoms with Crippen molar-refractivity contribution >= 4 is 21.6 Å². The van der Waals surface area contributed by atoms with E-state index in [-0.39, 0.29) is 5.54 Å². The van der Waals surface area contributed by atoms with Gasteiger partial charge in [-0.3, -0.25) is 0 Å². The highest BCUT2D eigenvalue weighted by Crippen LogP contribution is 2.48. The highest BCUT2D eigenvalue weighted by atomic mass is 32.1. The number of nitrogens with two attached hydrogens (primary N) is 1. The van der Waals surface area contributed by atoms with E-state index in [0.29, 0.717) is 0 Å². The van der Waals surface area contributed by atoms with E-state index in [1.54, 1.807) is 0 Å². The third-order valence-electron chi connectivity index (χ3n) is 3.69. The average Bonchev–Trinajstić information content (AvgIpc) is 3.19. The fourth-order valence-corrected chi connectivity index (χ4v) is 3.44. The lowest BCUT2D eigenvalue weighted by molar-refractivity contribution is 0.746. The SMILES string of the molecule is NC1(c2cccc3sc(C4CC4)nc23)CC1. The monoisotopic (exact) mass is 230 g/mol. The summed E-state index contributed by atoms with van der Waals surface area (Å²) in [6.45, 7) is 0. The zero-order valence-electron chi connectivity index (χ0n) is 9.07. The Morgan fingerprint density at radius 3 is 2.81 bits per heavy atom. The second-order valence-corrected chi connectivity index (χ2v) is 6.20. The average molecular weight is 230 g/mol. The van der Waals surface area contributed by atoms with Crippen LogP contribution in [0.4, 0.5) is 0 Å². The lowest BCUT2D eigenvalue weighted by atomic mass is 10.0. The first-order valence-corrected chi connectivity index (χ1v) is 6.77. The van der Waals surface area contributed by atoms with Crippen molar-refractivity contribution in [1.29, 1.82) is 0 Å². The number of para-hydroxylation sites is 1. The van der Waals surface area contributed by atoms with Gasteiger partial charge in [0.1, 0.15) is 0 Å². The molecule has 1 aromatic carbocycles. The molecule has 2 aliphatic carbocycles. The van der Waals surface area contributed by atoms with E-state index in [1.165, 1.54) is 33.6 Å². The Hall–Kier alpha value is -0.930. The zero-order valence-corrected chi connectivity index (χ0v) is 9.89. The minimum absolute atomic E-state index is 0.0611.